The van der Waals surface area contributed by atoms with E-state index < -0.39 is 6.10 Å². The Morgan fingerprint density at radius 2 is 1.97 bits per heavy atom. The van der Waals surface area contributed by atoms with Crippen molar-refractivity contribution < 1.29 is 14.3 Å². The van der Waals surface area contributed by atoms with Crippen LogP contribution in [0.2, 0.25) is 10.0 Å². The van der Waals surface area contributed by atoms with Crippen molar-refractivity contribution >= 4 is 34.2 Å². The fourth-order valence-electron chi connectivity index (χ4n) is 4.63. The van der Waals surface area contributed by atoms with Crippen molar-refractivity contribution in [2.45, 2.75) is 24.9 Å². The van der Waals surface area contributed by atoms with Crippen molar-refractivity contribution in [1.29, 1.82) is 0 Å². The van der Waals surface area contributed by atoms with Gasteiger partial charge in [-0.1, -0.05) is 35.3 Å². The molecule has 0 unspecified atom stereocenters. The number of aliphatic hydroxyl groups is 1. The van der Waals surface area contributed by atoms with Crippen LogP contribution in [0.15, 0.2) is 59.3 Å². The fraction of sp³-hybridized carbons (Fsp3) is 0.346. The number of rotatable bonds is 7. The molecule has 2 aromatic carbocycles. The number of furan rings is 1. The zero-order valence-electron chi connectivity index (χ0n) is 19.0. The fourth-order valence-corrected chi connectivity index (χ4v) is 4.93. The number of imidazole rings is 1. The molecule has 0 spiro atoms. The van der Waals surface area contributed by atoms with Gasteiger partial charge in [-0.05, 0) is 67.7 Å². The van der Waals surface area contributed by atoms with E-state index in [1.807, 2.05) is 54.2 Å². The minimum absolute atomic E-state index is 0.217. The monoisotopic (exact) mass is 499 g/mol. The Kier molecular flexibility index (Phi) is 6.84. The molecule has 1 fully saturated rings. The number of aryl methyl sites for hydroxylation is 1. The van der Waals surface area contributed by atoms with Gasteiger partial charge < -0.3 is 23.7 Å². The van der Waals surface area contributed by atoms with Crippen LogP contribution in [0.4, 0.5) is 0 Å². The minimum Gasteiger partial charge on any atom is -0.490 e. The van der Waals surface area contributed by atoms with Gasteiger partial charge in [0.1, 0.15) is 24.0 Å². The van der Waals surface area contributed by atoms with Crippen molar-refractivity contribution in [2.24, 2.45) is 7.05 Å². The highest BCUT2D eigenvalue weighted by atomic mass is 35.5. The number of aromatic nitrogens is 2. The second kappa shape index (κ2) is 10.0. The quantitative estimate of drug-likeness (QED) is 0.350. The van der Waals surface area contributed by atoms with Crippen LogP contribution >= 0.6 is 23.2 Å². The predicted molar refractivity (Wildman–Crippen MR) is 135 cm³/mol. The molecule has 3 heterocycles. The topological polar surface area (TPSA) is 63.7 Å². The van der Waals surface area contributed by atoms with Gasteiger partial charge in [0.2, 0.25) is 0 Å². The molecule has 34 heavy (non-hydrogen) atoms. The van der Waals surface area contributed by atoms with Crippen LogP contribution in [0.5, 0.6) is 5.75 Å². The first-order chi connectivity index (χ1) is 16.5. The van der Waals surface area contributed by atoms with E-state index in [4.69, 9.17) is 32.4 Å². The van der Waals surface area contributed by atoms with Crippen LogP contribution in [0.1, 0.15) is 24.3 Å². The van der Waals surface area contributed by atoms with Gasteiger partial charge in [-0.2, -0.15) is 0 Å². The van der Waals surface area contributed by atoms with E-state index in [0.717, 1.165) is 42.7 Å². The smallest absolute Gasteiger partial charge is 0.175 e. The molecule has 4 aromatic rings. The lowest BCUT2D eigenvalue weighted by atomic mass is 9.89. The van der Waals surface area contributed by atoms with Crippen LogP contribution < -0.4 is 4.74 Å². The van der Waals surface area contributed by atoms with Gasteiger partial charge >= 0.3 is 0 Å². The van der Waals surface area contributed by atoms with Gasteiger partial charge in [-0.3, -0.25) is 0 Å². The predicted octanol–water partition coefficient (Wildman–Crippen LogP) is 5.76. The number of halogens is 2. The molecule has 1 atom stereocenters. The number of β-amino-alcohol motifs (C(OH)–C–C–N with tert-alkyl or cyclic N) is 1. The lowest BCUT2D eigenvalue weighted by molar-refractivity contribution is 0.0599. The number of ether oxygens (including phenoxy) is 1. The Morgan fingerprint density at radius 1 is 1.15 bits per heavy atom. The molecule has 178 valence electrons. The molecular formula is C26H27Cl2N3O3. The molecule has 1 aliphatic rings. The summed E-state index contributed by atoms with van der Waals surface area (Å²) in [4.78, 5) is 6.64. The van der Waals surface area contributed by atoms with E-state index in [1.54, 1.807) is 6.20 Å². The van der Waals surface area contributed by atoms with Gasteiger partial charge in [-0.25, -0.2) is 4.98 Å². The molecule has 0 aliphatic carbocycles. The third-order valence-corrected chi connectivity index (χ3v) is 7.20. The Morgan fingerprint density at radius 3 is 2.71 bits per heavy atom. The Hall–Kier alpha value is -2.51. The number of likely N-dealkylation sites (tertiary alicyclic amines) is 1. The van der Waals surface area contributed by atoms with Crippen LogP contribution in [-0.4, -0.2) is 51.9 Å². The summed E-state index contributed by atoms with van der Waals surface area (Å²) in [6.07, 6.45) is 5.08. The first kappa shape index (κ1) is 23.2. The number of aliphatic hydroxyl groups excluding tert-OH is 1. The van der Waals surface area contributed by atoms with Gasteiger partial charge in [0.05, 0.1) is 15.4 Å². The standard InChI is InChI=1S/C26H27Cl2N3O3/c1-30-12-9-29-26(30)25-14-20-23(3-2-4-24(20)34-25)33-16-19(32)15-31-10-7-17(8-11-31)18-5-6-21(27)22(28)13-18/h2-6,9,12-14,17,19,32H,7-8,10-11,15-16H2,1H3/t19-/m0/s1. The highest BCUT2D eigenvalue weighted by molar-refractivity contribution is 6.42. The van der Waals surface area contributed by atoms with Crippen LogP contribution in [-0.2, 0) is 7.05 Å². The highest BCUT2D eigenvalue weighted by Crippen LogP contribution is 2.34. The maximum atomic E-state index is 10.6. The summed E-state index contributed by atoms with van der Waals surface area (Å²) < 4.78 is 13.9. The van der Waals surface area contributed by atoms with Crippen LogP contribution in [0.25, 0.3) is 22.6 Å². The summed E-state index contributed by atoms with van der Waals surface area (Å²) in [5.41, 5.74) is 1.96. The number of benzene rings is 2. The molecule has 2 aromatic heterocycles. The summed E-state index contributed by atoms with van der Waals surface area (Å²) in [7, 11) is 1.93. The number of nitrogens with zero attached hydrogens (tertiary/aromatic N) is 3. The van der Waals surface area contributed by atoms with Crippen molar-refractivity contribution in [3.05, 3.63) is 70.5 Å². The van der Waals surface area contributed by atoms with Gasteiger partial charge in [0, 0.05) is 26.0 Å². The van der Waals surface area contributed by atoms with Gasteiger partial charge in [-0.15, -0.1) is 0 Å². The Bertz CT molecular complexity index is 1280. The molecule has 5 rings (SSSR count). The second-order valence-corrected chi connectivity index (χ2v) is 9.67. The molecule has 6 nitrogen and oxygen atoms in total. The zero-order chi connectivity index (χ0) is 23.7. The molecule has 1 aliphatic heterocycles. The van der Waals surface area contributed by atoms with E-state index in [0.29, 0.717) is 34.0 Å². The Labute approximate surface area is 208 Å². The van der Waals surface area contributed by atoms with E-state index in [2.05, 4.69) is 16.0 Å². The number of piperidine rings is 1. The third kappa shape index (κ3) is 4.96. The maximum absolute atomic E-state index is 10.6. The Balaban J connectivity index is 1.16. The summed E-state index contributed by atoms with van der Waals surface area (Å²) in [5, 5.41) is 12.7. The van der Waals surface area contributed by atoms with Gasteiger partial charge in [0.25, 0.3) is 0 Å². The van der Waals surface area contributed by atoms with E-state index in [9.17, 15) is 5.11 Å². The third-order valence-electron chi connectivity index (χ3n) is 6.47. The van der Waals surface area contributed by atoms with Crippen molar-refractivity contribution in [1.82, 2.24) is 14.5 Å². The number of hydrogen-bond donors (Lipinski definition) is 1. The molecule has 0 amide bonds. The summed E-state index contributed by atoms with van der Waals surface area (Å²) in [5.74, 6) is 2.60. The lowest BCUT2D eigenvalue weighted by Crippen LogP contribution is -2.40. The molecule has 1 saturated heterocycles. The summed E-state index contributed by atoms with van der Waals surface area (Å²) >= 11 is 12.2. The first-order valence-corrected chi connectivity index (χ1v) is 12.2. The lowest BCUT2D eigenvalue weighted by Gasteiger charge is -2.33. The molecule has 0 radical (unpaired) electrons. The SMILES string of the molecule is Cn1ccnc1-c1cc2c(OC[C@@H](O)CN3CCC(c4ccc(Cl)c(Cl)c4)CC3)cccc2o1. The number of hydrogen-bond acceptors (Lipinski definition) is 5. The van der Waals surface area contributed by atoms with E-state index in [-0.39, 0.29) is 6.61 Å². The normalized spacial score (nSPS) is 16.2. The number of fused-ring (bicyclic) bond motifs is 1. The maximum Gasteiger partial charge on any atom is 0.175 e. The molecule has 0 saturated carbocycles. The van der Waals surface area contributed by atoms with Crippen LogP contribution in [0, 0.1) is 0 Å². The summed E-state index contributed by atoms with van der Waals surface area (Å²) in [6, 6.07) is 13.5. The van der Waals surface area contributed by atoms with Crippen LogP contribution in [0.3, 0.4) is 0 Å². The average molecular weight is 500 g/mol. The van der Waals surface area contributed by atoms with E-state index in [1.165, 1.54) is 5.56 Å². The molecule has 8 heteroatoms. The highest BCUT2D eigenvalue weighted by Gasteiger charge is 2.23. The molecule has 0 bridgehead atoms. The average Bonchev–Trinajstić information content (AvgIpc) is 3.46. The van der Waals surface area contributed by atoms with E-state index >= 15 is 0 Å². The van der Waals surface area contributed by atoms with Crippen molar-refractivity contribution in [3.8, 4) is 17.3 Å². The zero-order valence-corrected chi connectivity index (χ0v) is 20.5. The minimum atomic E-state index is -0.585. The van der Waals surface area contributed by atoms with Gasteiger partial charge in [0.15, 0.2) is 11.6 Å². The van der Waals surface area contributed by atoms with Crippen molar-refractivity contribution in [2.75, 3.05) is 26.2 Å². The second-order valence-electron chi connectivity index (χ2n) is 8.85. The summed E-state index contributed by atoms with van der Waals surface area (Å²) in [6.45, 7) is 2.64. The molecule has 1 N–H and O–H groups in total. The first-order valence-electron chi connectivity index (χ1n) is 11.5. The van der Waals surface area contributed by atoms with Crippen molar-refractivity contribution in [3.63, 3.8) is 0 Å². The largest absolute Gasteiger partial charge is 0.490 e. The molecular weight excluding hydrogens is 473 g/mol.